The molecule has 2 heterocycles. The molecule has 0 bridgehead atoms. The van der Waals surface area contributed by atoms with E-state index in [4.69, 9.17) is 12.2 Å². The molecule has 1 unspecified atom stereocenters. The summed E-state index contributed by atoms with van der Waals surface area (Å²) < 4.78 is 0. The molecule has 0 N–H and O–H groups in total. The molecular weight excluding hydrogens is 276 g/mol. The first kappa shape index (κ1) is 12.9. The van der Waals surface area contributed by atoms with Crippen LogP contribution < -0.4 is 4.90 Å². The Morgan fingerprint density at radius 2 is 2.16 bits per heavy atom. The number of anilines is 1. The van der Waals surface area contributed by atoms with Gasteiger partial charge < -0.3 is 0 Å². The summed E-state index contributed by atoms with van der Waals surface area (Å²) >= 11 is 7.32. The van der Waals surface area contributed by atoms with Crippen LogP contribution in [0.15, 0.2) is 24.3 Å². The molecule has 100 valence electrons. The lowest BCUT2D eigenvalue weighted by molar-refractivity contribution is 0.193. The zero-order valence-electron chi connectivity index (χ0n) is 11.2. The van der Waals surface area contributed by atoms with Gasteiger partial charge in [0.25, 0.3) is 0 Å². The van der Waals surface area contributed by atoms with Crippen molar-refractivity contribution in [3.63, 3.8) is 0 Å². The second-order valence-corrected chi connectivity index (χ2v) is 7.48. The number of carbonyl (C=O) groups is 1. The van der Waals surface area contributed by atoms with Crippen LogP contribution in [0.4, 0.5) is 10.5 Å². The number of amides is 2. The van der Waals surface area contributed by atoms with E-state index in [1.165, 1.54) is 0 Å². The van der Waals surface area contributed by atoms with E-state index in [-0.39, 0.29) is 16.9 Å². The fourth-order valence-corrected chi connectivity index (χ4v) is 4.40. The molecular formula is C14H16N2OS2. The van der Waals surface area contributed by atoms with Crippen molar-refractivity contribution >= 4 is 40.7 Å². The summed E-state index contributed by atoms with van der Waals surface area (Å²) in [7, 11) is 0. The highest BCUT2D eigenvalue weighted by atomic mass is 32.2. The number of thioether (sulfide) groups is 1. The van der Waals surface area contributed by atoms with Crippen LogP contribution in [0.5, 0.6) is 0 Å². The minimum atomic E-state index is -0.176. The first-order valence-electron chi connectivity index (χ1n) is 6.30. The Bertz CT molecular complexity index is 570. The Morgan fingerprint density at radius 3 is 2.79 bits per heavy atom. The highest BCUT2D eigenvalue weighted by molar-refractivity contribution is 8.01. The molecule has 3 rings (SSSR count). The molecule has 2 aliphatic rings. The number of carbonyl (C=O) groups excluding carboxylic acids is 1. The quantitative estimate of drug-likeness (QED) is 0.741. The molecule has 0 aromatic heterocycles. The molecule has 1 atom stereocenters. The van der Waals surface area contributed by atoms with Gasteiger partial charge in [-0.1, -0.05) is 24.4 Å². The van der Waals surface area contributed by atoms with Crippen molar-refractivity contribution in [2.75, 3.05) is 10.7 Å². The molecule has 5 heteroatoms. The fraction of sp³-hybridized carbons (Fsp3) is 0.429. The number of urea groups is 1. The average Bonchev–Trinajstić information content (AvgIpc) is 2.77. The maximum Gasteiger partial charge on any atom is 0.331 e. The van der Waals surface area contributed by atoms with Crippen molar-refractivity contribution in [2.24, 2.45) is 0 Å². The number of benzene rings is 1. The second kappa shape index (κ2) is 4.21. The van der Waals surface area contributed by atoms with Crippen LogP contribution in [0.1, 0.15) is 19.4 Å². The molecule has 1 aromatic carbocycles. The maximum absolute atomic E-state index is 12.7. The number of hydrogen-bond acceptors (Lipinski definition) is 3. The SMILES string of the molecule is Cc1cccc(N2C(=O)N3C(CSC3(C)C)C2=S)c1. The maximum atomic E-state index is 12.7. The van der Waals surface area contributed by atoms with Crippen molar-refractivity contribution in [1.29, 1.82) is 0 Å². The van der Waals surface area contributed by atoms with Crippen LogP contribution in [-0.2, 0) is 0 Å². The lowest BCUT2D eigenvalue weighted by atomic mass is 10.2. The van der Waals surface area contributed by atoms with Gasteiger partial charge in [0.05, 0.1) is 16.6 Å². The van der Waals surface area contributed by atoms with Crippen LogP contribution in [-0.4, -0.2) is 32.6 Å². The van der Waals surface area contributed by atoms with Crippen molar-refractivity contribution in [3.8, 4) is 0 Å². The highest BCUT2D eigenvalue weighted by Crippen LogP contribution is 2.44. The normalized spacial score (nSPS) is 25.1. The van der Waals surface area contributed by atoms with Crippen LogP contribution in [0.2, 0.25) is 0 Å². The molecule has 3 nitrogen and oxygen atoms in total. The third-order valence-corrected chi connectivity index (χ3v) is 5.49. The monoisotopic (exact) mass is 292 g/mol. The van der Waals surface area contributed by atoms with Crippen molar-refractivity contribution < 1.29 is 4.79 Å². The molecule has 0 saturated carbocycles. The smallest absolute Gasteiger partial charge is 0.300 e. The lowest BCUT2D eigenvalue weighted by Crippen LogP contribution is -2.43. The molecule has 0 spiro atoms. The number of aryl methyl sites for hydroxylation is 1. The number of hydrogen-bond donors (Lipinski definition) is 0. The Labute approximate surface area is 123 Å². The van der Waals surface area contributed by atoms with E-state index in [0.717, 1.165) is 22.0 Å². The molecule has 2 saturated heterocycles. The molecule has 1 aromatic rings. The van der Waals surface area contributed by atoms with Gasteiger partial charge in [0.15, 0.2) is 0 Å². The van der Waals surface area contributed by atoms with Crippen molar-refractivity contribution in [1.82, 2.24) is 4.90 Å². The van der Waals surface area contributed by atoms with Gasteiger partial charge in [0.2, 0.25) is 0 Å². The average molecular weight is 292 g/mol. The number of nitrogens with zero attached hydrogens (tertiary/aromatic N) is 2. The lowest BCUT2D eigenvalue weighted by Gasteiger charge is -2.29. The van der Waals surface area contributed by atoms with Gasteiger partial charge in [-0.25, -0.2) is 4.79 Å². The predicted molar refractivity (Wildman–Crippen MR) is 83.8 cm³/mol. The van der Waals surface area contributed by atoms with E-state index in [0.29, 0.717) is 0 Å². The summed E-state index contributed by atoms with van der Waals surface area (Å²) in [5.74, 6) is 0.889. The molecule has 2 aliphatic heterocycles. The van der Waals surface area contributed by atoms with Gasteiger partial charge in [-0.3, -0.25) is 9.80 Å². The Hall–Kier alpha value is -1.07. The first-order valence-corrected chi connectivity index (χ1v) is 7.69. The van der Waals surface area contributed by atoms with E-state index in [9.17, 15) is 4.79 Å². The Kier molecular flexibility index (Phi) is 2.87. The standard InChI is InChI=1S/C14H16N2OS2/c1-9-5-4-6-10(7-9)15-12(18)11-8-19-14(2,3)16(11)13(15)17/h4-7,11H,8H2,1-3H3. The molecule has 2 amide bonds. The van der Waals surface area contributed by atoms with Crippen LogP contribution >= 0.6 is 24.0 Å². The third kappa shape index (κ3) is 1.87. The van der Waals surface area contributed by atoms with E-state index >= 15 is 0 Å². The Morgan fingerprint density at radius 1 is 1.42 bits per heavy atom. The highest BCUT2D eigenvalue weighted by Gasteiger charge is 2.53. The fourth-order valence-electron chi connectivity index (χ4n) is 2.70. The summed E-state index contributed by atoms with van der Waals surface area (Å²) in [4.78, 5) is 16.8. The number of fused-ring (bicyclic) bond motifs is 1. The van der Waals surface area contributed by atoms with Crippen molar-refractivity contribution in [2.45, 2.75) is 31.7 Å². The van der Waals surface area contributed by atoms with Crippen molar-refractivity contribution in [3.05, 3.63) is 29.8 Å². The summed E-state index contributed by atoms with van der Waals surface area (Å²) in [5, 5.41) is 0. The van der Waals surface area contributed by atoms with Gasteiger partial charge in [0, 0.05) is 5.75 Å². The minimum absolute atomic E-state index is 0.00981. The third-order valence-electron chi connectivity index (χ3n) is 3.65. The molecule has 0 aliphatic carbocycles. The largest absolute Gasteiger partial charge is 0.331 e. The topological polar surface area (TPSA) is 23.6 Å². The molecule has 19 heavy (non-hydrogen) atoms. The van der Waals surface area contributed by atoms with Gasteiger partial charge in [0.1, 0.15) is 4.99 Å². The minimum Gasteiger partial charge on any atom is -0.300 e. The van der Waals surface area contributed by atoms with E-state index in [1.54, 1.807) is 16.7 Å². The number of thiocarbonyl (C=S) groups is 1. The summed E-state index contributed by atoms with van der Waals surface area (Å²) in [6.07, 6.45) is 0. The van der Waals surface area contributed by atoms with E-state index < -0.39 is 0 Å². The summed E-state index contributed by atoms with van der Waals surface area (Å²) in [5.41, 5.74) is 2.01. The van der Waals surface area contributed by atoms with Gasteiger partial charge in [-0.2, -0.15) is 0 Å². The van der Waals surface area contributed by atoms with Gasteiger partial charge >= 0.3 is 6.03 Å². The summed E-state index contributed by atoms with van der Waals surface area (Å²) in [6.45, 7) is 6.18. The van der Waals surface area contributed by atoms with Crippen LogP contribution in [0.3, 0.4) is 0 Å². The molecule has 2 fully saturated rings. The zero-order chi connectivity index (χ0) is 13.8. The van der Waals surface area contributed by atoms with E-state index in [2.05, 4.69) is 13.8 Å². The first-order chi connectivity index (χ1) is 8.92. The van der Waals surface area contributed by atoms with Crippen LogP contribution in [0, 0.1) is 6.92 Å². The van der Waals surface area contributed by atoms with E-state index in [1.807, 2.05) is 36.1 Å². The van der Waals surface area contributed by atoms with Gasteiger partial charge in [-0.05, 0) is 38.5 Å². The Balaban J connectivity index is 2.02. The predicted octanol–water partition coefficient (Wildman–Crippen LogP) is 3.42. The van der Waals surface area contributed by atoms with Crippen LogP contribution in [0.25, 0.3) is 0 Å². The number of rotatable bonds is 1. The summed E-state index contributed by atoms with van der Waals surface area (Å²) in [6, 6.07) is 8.00. The van der Waals surface area contributed by atoms with Gasteiger partial charge in [-0.15, -0.1) is 11.8 Å². The molecule has 0 radical (unpaired) electrons. The zero-order valence-corrected chi connectivity index (χ0v) is 12.8. The second-order valence-electron chi connectivity index (χ2n) is 5.44.